The number of rotatable bonds is 3. The first-order valence-corrected chi connectivity index (χ1v) is 6.85. The van der Waals surface area contributed by atoms with Crippen LogP contribution in [0.5, 0.6) is 0 Å². The van der Waals surface area contributed by atoms with Crippen LogP contribution in [-0.2, 0) is 0 Å². The lowest BCUT2D eigenvalue weighted by Crippen LogP contribution is -2.42. The van der Waals surface area contributed by atoms with E-state index in [9.17, 15) is 4.79 Å². The maximum atomic E-state index is 12.1. The second-order valence-corrected chi connectivity index (χ2v) is 4.90. The molecule has 5 nitrogen and oxygen atoms in total. The van der Waals surface area contributed by atoms with E-state index < -0.39 is 0 Å². The molecular formula is C15H17N3O2. The summed E-state index contributed by atoms with van der Waals surface area (Å²) in [7, 11) is 0. The molecular weight excluding hydrogens is 254 g/mol. The van der Waals surface area contributed by atoms with Gasteiger partial charge in [0.25, 0.3) is 5.91 Å². The zero-order valence-electron chi connectivity index (χ0n) is 11.1. The van der Waals surface area contributed by atoms with Crippen molar-refractivity contribution in [3.8, 4) is 11.5 Å². The van der Waals surface area contributed by atoms with Crippen molar-refractivity contribution in [2.75, 3.05) is 13.1 Å². The minimum absolute atomic E-state index is 0.164. The third kappa shape index (κ3) is 2.88. The Kier molecular flexibility index (Phi) is 3.78. The van der Waals surface area contributed by atoms with Crippen molar-refractivity contribution in [3.63, 3.8) is 0 Å². The van der Waals surface area contributed by atoms with Gasteiger partial charge in [-0.3, -0.25) is 4.79 Å². The lowest BCUT2D eigenvalue weighted by atomic mass is 10.1. The van der Waals surface area contributed by atoms with E-state index in [2.05, 4.69) is 15.6 Å². The summed E-state index contributed by atoms with van der Waals surface area (Å²) in [6, 6.07) is 9.78. The first kappa shape index (κ1) is 12.9. The maximum Gasteiger partial charge on any atom is 0.273 e. The molecule has 1 aromatic heterocycles. The third-order valence-electron chi connectivity index (χ3n) is 3.43. The Bertz CT molecular complexity index is 574. The fourth-order valence-corrected chi connectivity index (χ4v) is 2.32. The summed E-state index contributed by atoms with van der Waals surface area (Å²) < 4.78 is 5.38. The molecule has 2 heterocycles. The van der Waals surface area contributed by atoms with Crippen molar-refractivity contribution >= 4 is 5.91 Å². The largest absolute Gasteiger partial charge is 0.444 e. The summed E-state index contributed by atoms with van der Waals surface area (Å²) >= 11 is 0. The van der Waals surface area contributed by atoms with Gasteiger partial charge in [-0.05, 0) is 38.1 Å². The number of carbonyl (C=O) groups is 1. The number of benzene rings is 1. The molecule has 0 bridgehead atoms. The minimum atomic E-state index is -0.164. The van der Waals surface area contributed by atoms with E-state index in [0.29, 0.717) is 11.6 Å². The Morgan fingerprint density at radius 1 is 1.25 bits per heavy atom. The molecule has 104 valence electrons. The Labute approximate surface area is 117 Å². The summed E-state index contributed by atoms with van der Waals surface area (Å²) in [5, 5.41) is 6.27. The van der Waals surface area contributed by atoms with Gasteiger partial charge in [-0.1, -0.05) is 18.2 Å². The minimum Gasteiger partial charge on any atom is -0.444 e. The Morgan fingerprint density at radius 2 is 2.00 bits per heavy atom. The molecule has 2 aromatic rings. The van der Waals surface area contributed by atoms with Gasteiger partial charge >= 0.3 is 0 Å². The smallest absolute Gasteiger partial charge is 0.273 e. The number of hydrogen-bond donors (Lipinski definition) is 2. The highest BCUT2D eigenvalue weighted by Gasteiger charge is 2.19. The standard InChI is InChI=1S/C15H17N3O2/c19-14(17-12-6-8-16-9-7-12)13-10-20-15(18-13)11-4-2-1-3-5-11/h1-5,10,12,16H,6-9H2,(H,17,19). The number of piperidine rings is 1. The molecule has 0 saturated carbocycles. The molecule has 0 radical (unpaired) electrons. The first-order chi connectivity index (χ1) is 9.83. The lowest BCUT2D eigenvalue weighted by molar-refractivity contribution is 0.0924. The summed E-state index contributed by atoms with van der Waals surface area (Å²) in [6.07, 6.45) is 3.32. The Balaban J connectivity index is 1.68. The molecule has 1 aromatic carbocycles. The molecule has 1 aliphatic heterocycles. The fraction of sp³-hybridized carbons (Fsp3) is 0.333. The van der Waals surface area contributed by atoms with Gasteiger partial charge in [-0.2, -0.15) is 0 Å². The van der Waals surface area contributed by atoms with Crippen LogP contribution in [0.2, 0.25) is 0 Å². The van der Waals surface area contributed by atoms with Crippen molar-refractivity contribution in [1.29, 1.82) is 0 Å². The zero-order valence-corrected chi connectivity index (χ0v) is 11.1. The van der Waals surface area contributed by atoms with Gasteiger partial charge in [-0.25, -0.2) is 4.98 Å². The molecule has 3 rings (SSSR count). The van der Waals surface area contributed by atoms with Crippen LogP contribution >= 0.6 is 0 Å². The summed E-state index contributed by atoms with van der Waals surface area (Å²) in [5.41, 5.74) is 1.20. The first-order valence-electron chi connectivity index (χ1n) is 6.85. The van der Waals surface area contributed by atoms with Crippen molar-refractivity contribution in [2.24, 2.45) is 0 Å². The molecule has 2 N–H and O–H groups in total. The van der Waals surface area contributed by atoms with Crippen LogP contribution in [0.3, 0.4) is 0 Å². The average Bonchev–Trinajstić information content (AvgIpc) is 2.99. The Morgan fingerprint density at radius 3 is 2.75 bits per heavy atom. The van der Waals surface area contributed by atoms with E-state index >= 15 is 0 Å². The zero-order chi connectivity index (χ0) is 13.8. The number of aromatic nitrogens is 1. The molecule has 5 heteroatoms. The summed E-state index contributed by atoms with van der Waals surface area (Å²) in [4.78, 5) is 16.4. The number of nitrogens with zero attached hydrogens (tertiary/aromatic N) is 1. The average molecular weight is 271 g/mol. The molecule has 1 amide bonds. The van der Waals surface area contributed by atoms with Crippen molar-refractivity contribution < 1.29 is 9.21 Å². The van der Waals surface area contributed by atoms with Crippen LogP contribution in [0.1, 0.15) is 23.3 Å². The number of carbonyl (C=O) groups excluding carboxylic acids is 1. The topological polar surface area (TPSA) is 67.2 Å². The lowest BCUT2D eigenvalue weighted by Gasteiger charge is -2.23. The van der Waals surface area contributed by atoms with E-state index in [1.807, 2.05) is 30.3 Å². The molecule has 0 atom stereocenters. The molecule has 0 spiro atoms. The van der Waals surface area contributed by atoms with Gasteiger partial charge in [0, 0.05) is 11.6 Å². The van der Waals surface area contributed by atoms with Crippen LogP contribution in [0, 0.1) is 0 Å². The highest BCUT2D eigenvalue weighted by Crippen LogP contribution is 2.18. The van der Waals surface area contributed by atoms with Crippen LogP contribution in [-0.4, -0.2) is 30.0 Å². The molecule has 20 heavy (non-hydrogen) atoms. The second kappa shape index (κ2) is 5.88. The van der Waals surface area contributed by atoms with E-state index in [1.165, 1.54) is 6.26 Å². The van der Waals surface area contributed by atoms with Gasteiger partial charge in [-0.15, -0.1) is 0 Å². The predicted molar refractivity (Wildman–Crippen MR) is 75.3 cm³/mol. The van der Waals surface area contributed by atoms with E-state index in [1.54, 1.807) is 0 Å². The predicted octanol–water partition coefficient (Wildman–Crippen LogP) is 1.82. The number of hydrogen-bond acceptors (Lipinski definition) is 4. The highest BCUT2D eigenvalue weighted by atomic mass is 16.3. The van der Waals surface area contributed by atoms with Gasteiger partial charge < -0.3 is 15.1 Å². The van der Waals surface area contributed by atoms with Crippen LogP contribution < -0.4 is 10.6 Å². The molecule has 1 fully saturated rings. The second-order valence-electron chi connectivity index (χ2n) is 4.90. The van der Waals surface area contributed by atoms with Crippen LogP contribution in [0.4, 0.5) is 0 Å². The van der Waals surface area contributed by atoms with E-state index in [-0.39, 0.29) is 11.9 Å². The van der Waals surface area contributed by atoms with Crippen LogP contribution in [0.15, 0.2) is 41.0 Å². The maximum absolute atomic E-state index is 12.1. The van der Waals surface area contributed by atoms with Crippen molar-refractivity contribution in [3.05, 3.63) is 42.3 Å². The van der Waals surface area contributed by atoms with Crippen molar-refractivity contribution in [1.82, 2.24) is 15.6 Å². The quantitative estimate of drug-likeness (QED) is 0.893. The van der Waals surface area contributed by atoms with Gasteiger partial charge in [0.15, 0.2) is 5.69 Å². The van der Waals surface area contributed by atoms with Crippen LogP contribution in [0.25, 0.3) is 11.5 Å². The number of amides is 1. The summed E-state index contributed by atoms with van der Waals surface area (Å²) in [5.74, 6) is 0.309. The third-order valence-corrected chi connectivity index (χ3v) is 3.43. The fourth-order valence-electron chi connectivity index (χ4n) is 2.32. The monoisotopic (exact) mass is 271 g/mol. The van der Waals surface area contributed by atoms with Gasteiger partial charge in [0.05, 0.1) is 0 Å². The summed E-state index contributed by atoms with van der Waals surface area (Å²) in [6.45, 7) is 1.89. The number of oxazole rings is 1. The van der Waals surface area contributed by atoms with Crippen molar-refractivity contribution in [2.45, 2.75) is 18.9 Å². The van der Waals surface area contributed by atoms with Gasteiger partial charge in [0.1, 0.15) is 6.26 Å². The molecule has 0 aliphatic carbocycles. The molecule has 0 unspecified atom stereocenters. The number of nitrogens with one attached hydrogen (secondary N) is 2. The highest BCUT2D eigenvalue weighted by molar-refractivity contribution is 5.92. The van der Waals surface area contributed by atoms with E-state index in [0.717, 1.165) is 31.5 Å². The Hall–Kier alpha value is -2.14. The van der Waals surface area contributed by atoms with Gasteiger partial charge in [0.2, 0.25) is 5.89 Å². The molecule has 1 aliphatic rings. The normalized spacial score (nSPS) is 16.0. The SMILES string of the molecule is O=C(NC1CCNCC1)c1coc(-c2ccccc2)n1. The van der Waals surface area contributed by atoms with E-state index in [4.69, 9.17) is 4.42 Å². The molecule has 1 saturated heterocycles.